The van der Waals surface area contributed by atoms with Crippen LogP contribution in [0, 0.1) is 0 Å². The Morgan fingerprint density at radius 1 is 0.519 bits per heavy atom. The minimum Gasteiger partial charge on any atom is -0.480 e. The van der Waals surface area contributed by atoms with Crippen molar-refractivity contribution in [1.82, 2.24) is 5.32 Å². The van der Waals surface area contributed by atoms with Gasteiger partial charge in [-0.05, 0) is 109 Å². The number of carboxylic acid groups (broad SMARTS) is 1. The molecule has 0 aromatic heterocycles. The summed E-state index contributed by atoms with van der Waals surface area (Å²) in [6.45, 7) is 4.05. The Kier molecular flexibility index (Phi) is 38.8. The standard InChI is InChI=1S/C48H75NO5/c1-3-5-7-9-11-13-15-16-17-18-19-20-21-22-23-24-26-28-30-35-39-43-48(53)54-45(40-36-32-29-27-25-14-12-10-8-6-4-2)41-37-33-31-34-38-42-46(50)49-44-47(51)52/h5,7,11-14,16-17,19-20,22-23,26-29,36,40,45H,3-4,6,8-10,15,18,21,24-25,30-35,37-39,41-44H2,1-2H3,(H,49,50)(H,51,52)/b7-5-,13-11-,14-12-,17-16-,20-19-,23-22-,28-26-,29-27-,40-36-. The minimum absolute atomic E-state index is 0.136. The van der Waals surface area contributed by atoms with Gasteiger partial charge in [-0.2, -0.15) is 0 Å². The van der Waals surface area contributed by atoms with Crippen LogP contribution in [0.3, 0.4) is 0 Å². The van der Waals surface area contributed by atoms with Crippen LogP contribution >= 0.6 is 0 Å². The largest absolute Gasteiger partial charge is 0.480 e. The molecular weight excluding hydrogens is 671 g/mol. The molecule has 0 bridgehead atoms. The summed E-state index contributed by atoms with van der Waals surface area (Å²) in [5.74, 6) is -1.39. The van der Waals surface area contributed by atoms with E-state index in [1.54, 1.807) is 0 Å². The number of unbranched alkanes of at least 4 members (excludes halogenated alkanes) is 9. The summed E-state index contributed by atoms with van der Waals surface area (Å²) >= 11 is 0. The van der Waals surface area contributed by atoms with Gasteiger partial charge in [-0.15, -0.1) is 0 Å². The van der Waals surface area contributed by atoms with Gasteiger partial charge in [-0.3, -0.25) is 14.4 Å². The maximum atomic E-state index is 12.7. The Balaban J connectivity index is 4.36. The number of carbonyl (C=O) groups is 3. The second kappa shape index (κ2) is 41.8. The van der Waals surface area contributed by atoms with Crippen LogP contribution in [0.15, 0.2) is 109 Å². The highest BCUT2D eigenvalue weighted by atomic mass is 16.5. The first kappa shape index (κ1) is 50.1. The lowest BCUT2D eigenvalue weighted by Crippen LogP contribution is -2.28. The SMILES string of the molecule is CC/C=C\C/C=C\C/C=C\C/C=C\C/C=C\C/C=C\CCCCC(=O)OC(/C=C\C/C=C\C/C=C\CCCCC)CCCCCCCC(=O)NCC(=O)O. The Labute approximate surface area is 330 Å². The third-order valence-electron chi connectivity index (χ3n) is 8.41. The fourth-order valence-electron chi connectivity index (χ4n) is 5.32. The summed E-state index contributed by atoms with van der Waals surface area (Å²) in [5.41, 5.74) is 0. The zero-order valence-electron chi connectivity index (χ0n) is 34.0. The Bertz CT molecular complexity index is 1180. The van der Waals surface area contributed by atoms with E-state index < -0.39 is 5.97 Å². The Morgan fingerprint density at radius 3 is 1.48 bits per heavy atom. The molecule has 0 radical (unpaired) electrons. The summed E-state index contributed by atoms with van der Waals surface area (Å²) in [4.78, 5) is 35.0. The van der Waals surface area contributed by atoms with E-state index in [4.69, 9.17) is 9.84 Å². The number of esters is 1. The highest BCUT2D eigenvalue weighted by Crippen LogP contribution is 2.14. The molecule has 0 aromatic carbocycles. The molecule has 0 aliphatic heterocycles. The lowest BCUT2D eigenvalue weighted by Gasteiger charge is -2.14. The van der Waals surface area contributed by atoms with Crippen LogP contribution < -0.4 is 5.32 Å². The van der Waals surface area contributed by atoms with Gasteiger partial charge in [0.2, 0.25) is 5.91 Å². The van der Waals surface area contributed by atoms with Gasteiger partial charge in [0.1, 0.15) is 12.6 Å². The van der Waals surface area contributed by atoms with Crippen molar-refractivity contribution in [2.75, 3.05) is 6.54 Å². The first-order valence-corrected chi connectivity index (χ1v) is 21.0. The Hall–Kier alpha value is -3.93. The number of hydrogen-bond donors (Lipinski definition) is 2. The summed E-state index contributed by atoms with van der Waals surface area (Å²) < 4.78 is 5.89. The van der Waals surface area contributed by atoms with Gasteiger partial charge in [0.15, 0.2) is 0 Å². The van der Waals surface area contributed by atoms with Gasteiger partial charge in [0, 0.05) is 12.8 Å². The minimum atomic E-state index is -1.03. The van der Waals surface area contributed by atoms with Crippen molar-refractivity contribution in [3.05, 3.63) is 109 Å². The predicted molar refractivity (Wildman–Crippen MR) is 230 cm³/mol. The van der Waals surface area contributed by atoms with E-state index in [0.29, 0.717) is 12.8 Å². The molecule has 0 saturated heterocycles. The number of ether oxygens (including phenoxy) is 1. The van der Waals surface area contributed by atoms with E-state index in [1.807, 2.05) is 6.08 Å². The average Bonchev–Trinajstić information content (AvgIpc) is 3.16. The second-order valence-corrected chi connectivity index (χ2v) is 13.5. The summed E-state index contributed by atoms with van der Waals surface area (Å²) in [5, 5.41) is 11.1. The molecule has 0 saturated carbocycles. The molecule has 6 heteroatoms. The second-order valence-electron chi connectivity index (χ2n) is 13.5. The highest BCUT2D eigenvalue weighted by Gasteiger charge is 2.11. The monoisotopic (exact) mass is 746 g/mol. The highest BCUT2D eigenvalue weighted by molar-refractivity contribution is 5.80. The number of carboxylic acids is 1. The lowest BCUT2D eigenvalue weighted by molar-refractivity contribution is -0.147. The molecule has 1 atom stereocenters. The average molecular weight is 746 g/mol. The van der Waals surface area contributed by atoms with Crippen LogP contribution in [0.25, 0.3) is 0 Å². The number of aliphatic carboxylic acids is 1. The first-order valence-electron chi connectivity index (χ1n) is 21.0. The molecule has 302 valence electrons. The zero-order valence-corrected chi connectivity index (χ0v) is 34.0. The van der Waals surface area contributed by atoms with Gasteiger partial charge in [0.25, 0.3) is 0 Å². The fraction of sp³-hybridized carbons (Fsp3) is 0.562. The van der Waals surface area contributed by atoms with Crippen LogP contribution in [0.4, 0.5) is 0 Å². The number of nitrogens with one attached hydrogen (secondary N) is 1. The van der Waals surface area contributed by atoms with E-state index in [2.05, 4.69) is 122 Å². The van der Waals surface area contributed by atoms with Gasteiger partial charge in [-0.1, -0.05) is 149 Å². The molecular formula is C48H75NO5. The topological polar surface area (TPSA) is 92.7 Å². The molecule has 2 N–H and O–H groups in total. The van der Waals surface area contributed by atoms with Gasteiger partial charge >= 0.3 is 11.9 Å². The molecule has 0 rings (SSSR count). The van der Waals surface area contributed by atoms with Crippen LogP contribution in [0.5, 0.6) is 0 Å². The van der Waals surface area contributed by atoms with Gasteiger partial charge in [0.05, 0.1) is 0 Å². The van der Waals surface area contributed by atoms with Crippen molar-refractivity contribution in [2.45, 2.75) is 168 Å². The van der Waals surface area contributed by atoms with E-state index in [-0.39, 0.29) is 24.5 Å². The summed E-state index contributed by atoms with van der Waals surface area (Å²) in [7, 11) is 0. The predicted octanol–water partition coefficient (Wildman–Crippen LogP) is 13.1. The number of amides is 1. The molecule has 6 nitrogen and oxygen atoms in total. The third kappa shape index (κ3) is 40.8. The van der Waals surface area contributed by atoms with Crippen molar-refractivity contribution in [3.63, 3.8) is 0 Å². The molecule has 0 aliphatic carbocycles. The van der Waals surface area contributed by atoms with Gasteiger partial charge in [-0.25, -0.2) is 0 Å². The molecule has 54 heavy (non-hydrogen) atoms. The van der Waals surface area contributed by atoms with Crippen molar-refractivity contribution >= 4 is 17.8 Å². The van der Waals surface area contributed by atoms with Crippen molar-refractivity contribution in [1.29, 1.82) is 0 Å². The van der Waals surface area contributed by atoms with E-state index in [0.717, 1.165) is 116 Å². The number of rotatable bonds is 36. The molecule has 0 heterocycles. The molecule has 0 aromatic rings. The van der Waals surface area contributed by atoms with Crippen molar-refractivity contribution in [3.8, 4) is 0 Å². The van der Waals surface area contributed by atoms with Crippen LogP contribution in [-0.4, -0.2) is 35.6 Å². The molecule has 1 unspecified atom stereocenters. The third-order valence-corrected chi connectivity index (χ3v) is 8.41. The fourth-order valence-corrected chi connectivity index (χ4v) is 5.32. The molecule has 0 fully saturated rings. The molecule has 0 aliphatic rings. The molecule has 0 spiro atoms. The summed E-state index contributed by atoms with van der Waals surface area (Å²) in [6, 6.07) is 0. The molecule has 1 amide bonds. The van der Waals surface area contributed by atoms with Gasteiger partial charge < -0.3 is 15.2 Å². The van der Waals surface area contributed by atoms with E-state index in [1.165, 1.54) is 19.3 Å². The maximum Gasteiger partial charge on any atom is 0.322 e. The van der Waals surface area contributed by atoms with Crippen molar-refractivity contribution < 1.29 is 24.2 Å². The smallest absolute Gasteiger partial charge is 0.322 e. The van der Waals surface area contributed by atoms with Crippen molar-refractivity contribution in [2.24, 2.45) is 0 Å². The van der Waals surface area contributed by atoms with Crippen LogP contribution in [0.2, 0.25) is 0 Å². The normalized spacial score (nSPS) is 13.2. The number of carbonyl (C=O) groups excluding carboxylic acids is 2. The quantitative estimate of drug-likeness (QED) is 0.0378. The van der Waals surface area contributed by atoms with Crippen LogP contribution in [-0.2, 0) is 19.1 Å². The van der Waals surface area contributed by atoms with E-state index in [9.17, 15) is 14.4 Å². The van der Waals surface area contributed by atoms with E-state index >= 15 is 0 Å². The lowest BCUT2D eigenvalue weighted by atomic mass is 10.1. The zero-order chi connectivity index (χ0) is 39.4. The van der Waals surface area contributed by atoms with Crippen LogP contribution in [0.1, 0.15) is 162 Å². The number of allylic oxidation sites excluding steroid dienone is 17. The maximum absolute atomic E-state index is 12.7. The Morgan fingerprint density at radius 2 is 0.963 bits per heavy atom. The first-order chi connectivity index (χ1) is 26.5. The summed E-state index contributed by atoms with van der Waals surface area (Å²) in [6.07, 6.45) is 60.8. The number of hydrogen-bond acceptors (Lipinski definition) is 4.